The molecule has 0 atom stereocenters. The van der Waals surface area contributed by atoms with E-state index in [1.807, 2.05) is 56.3 Å². The first-order valence-electron chi connectivity index (χ1n) is 9.88. The van der Waals surface area contributed by atoms with E-state index >= 15 is 4.39 Å². The van der Waals surface area contributed by atoms with Gasteiger partial charge in [-0.15, -0.1) is 0 Å². The molecule has 0 saturated heterocycles. The number of hydrogen-bond acceptors (Lipinski definition) is 4. The van der Waals surface area contributed by atoms with Gasteiger partial charge in [0.05, 0.1) is 23.2 Å². The summed E-state index contributed by atoms with van der Waals surface area (Å²) >= 11 is 5.97. The first kappa shape index (κ1) is 21.2. The lowest BCUT2D eigenvalue weighted by Gasteiger charge is -2.14. The van der Waals surface area contributed by atoms with Crippen molar-refractivity contribution < 1.29 is 4.39 Å². The molecule has 0 aliphatic heterocycles. The first-order chi connectivity index (χ1) is 14.8. The molecule has 2 heterocycles. The molecular weight excluding hydrogens is 415 g/mol. The second kappa shape index (κ2) is 8.57. The van der Waals surface area contributed by atoms with Crippen LogP contribution in [-0.4, -0.2) is 33.8 Å². The number of aromatic nitrogens is 3. The van der Waals surface area contributed by atoms with Gasteiger partial charge in [0.2, 0.25) is 5.95 Å². The lowest BCUT2D eigenvalue weighted by molar-refractivity contribution is 0.393. The van der Waals surface area contributed by atoms with Crippen molar-refractivity contribution in [2.24, 2.45) is 0 Å². The van der Waals surface area contributed by atoms with E-state index in [1.165, 1.54) is 4.68 Å². The highest BCUT2D eigenvalue weighted by atomic mass is 35.5. The SMILES string of the molecule is Cc1ccc2c(-c3ccc(CN(C)C)nc3F)nn(Cc3ccc(Cl)cc3)c(=O)c2c1. The number of fused-ring (bicyclic) bond motifs is 1. The lowest BCUT2D eigenvalue weighted by Crippen LogP contribution is -2.24. The zero-order valence-corrected chi connectivity index (χ0v) is 18.3. The van der Waals surface area contributed by atoms with Crippen LogP contribution in [0, 0.1) is 12.9 Å². The van der Waals surface area contributed by atoms with Crippen molar-refractivity contribution in [3.63, 3.8) is 0 Å². The third-order valence-electron chi connectivity index (χ3n) is 5.00. The van der Waals surface area contributed by atoms with Gasteiger partial charge in [-0.2, -0.15) is 9.49 Å². The minimum Gasteiger partial charge on any atom is -0.304 e. The minimum absolute atomic E-state index is 0.227. The number of nitrogens with zero attached hydrogens (tertiary/aromatic N) is 4. The molecule has 0 amide bonds. The Labute approximate surface area is 184 Å². The largest absolute Gasteiger partial charge is 0.304 e. The predicted molar refractivity (Wildman–Crippen MR) is 122 cm³/mol. The quantitative estimate of drug-likeness (QED) is 0.427. The highest BCUT2D eigenvalue weighted by molar-refractivity contribution is 6.30. The molecule has 4 rings (SSSR count). The van der Waals surface area contributed by atoms with Gasteiger partial charge < -0.3 is 4.90 Å². The van der Waals surface area contributed by atoms with Gasteiger partial charge in [-0.05, 0) is 56.9 Å². The smallest absolute Gasteiger partial charge is 0.274 e. The Hall–Kier alpha value is -3.09. The molecule has 0 saturated carbocycles. The van der Waals surface area contributed by atoms with Crippen LogP contribution < -0.4 is 5.56 Å². The highest BCUT2D eigenvalue weighted by Crippen LogP contribution is 2.27. The molecule has 5 nitrogen and oxygen atoms in total. The van der Waals surface area contributed by atoms with E-state index in [-0.39, 0.29) is 17.7 Å². The van der Waals surface area contributed by atoms with Crippen LogP contribution in [0.2, 0.25) is 5.02 Å². The Kier molecular flexibility index (Phi) is 5.85. The average Bonchev–Trinajstić information content (AvgIpc) is 2.72. The second-order valence-corrected chi connectivity index (χ2v) is 8.30. The van der Waals surface area contributed by atoms with Gasteiger partial charge in [0, 0.05) is 17.0 Å². The zero-order valence-electron chi connectivity index (χ0n) is 17.6. The Balaban J connectivity index is 1.89. The van der Waals surface area contributed by atoms with E-state index < -0.39 is 5.95 Å². The lowest BCUT2D eigenvalue weighted by atomic mass is 10.0. The van der Waals surface area contributed by atoms with Gasteiger partial charge in [0.15, 0.2) is 0 Å². The third kappa shape index (κ3) is 4.50. The Bertz CT molecular complexity index is 1320. The summed E-state index contributed by atoms with van der Waals surface area (Å²) in [5.74, 6) is -0.606. The molecule has 158 valence electrons. The number of benzene rings is 2. The van der Waals surface area contributed by atoms with Crippen molar-refractivity contribution in [2.45, 2.75) is 20.0 Å². The molecule has 0 radical (unpaired) electrons. The average molecular weight is 437 g/mol. The molecule has 7 heteroatoms. The normalized spacial score (nSPS) is 11.4. The van der Waals surface area contributed by atoms with Gasteiger partial charge in [-0.3, -0.25) is 4.79 Å². The fourth-order valence-electron chi connectivity index (χ4n) is 3.53. The number of aryl methyl sites for hydroxylation is 1. The van der Waals surface area contributed by atoms with Crippen LogP contribution in [0.3, 0.4) is 0 Å². The summed E-state index contributed by atoms with van der Waals surface area (Å²) in [6.45, 7) is 2.70. The summed E-state index contributed by atoms with van der Waals surface area (Å²) in [6, 6.07) is 16.2. The Morgan fingerprint density at radius 1 is 1.03 bits per heavy atom. The van der Waals surface area contributed by atoms with Crippen LogP contribution in [-0.2, 0) is 13.1 Å². The molecule has 0 aliphatic carbocycles. The standard InChI is InChI=1S/C24H22ClFN4O/c1-15-4-10-19-21(12-15)24(31)30(13-16-5-7-17(25)8-6-16)28-22(19)20-11-9-18(14-29(2)3)27-23(20)26/h4-12H,13-14H2,1-3H3. The molecule has 0 fully saturated rings. The van der Waals surface area contributed by atoms with Gasteiger partial charge >= 0.3 is 0 Å². The summed E-state index contributed by atoms with van der Waals surface area (Å²) in [5, 5.41) is 6.26. The summed E-state index contributed by atoms with van der Waals surface area (Å²) in [7, 11) is 3.80. The number of pyridine rings is 1. The molecule has 0 aliphatic rings. The van der Waals surface area contributed by atoms with E-state index in [9.17, 15) is 4.79 Å². The molecule has 31 heavy (non-hydrogen) atoms. The predicted octanol–water partition coefficient (Wildman–Crippen LogP) is 4.67. The zero-order chi connectivity index (χ0) is 22.1. The van der Waals surface area contributed by atoms with Crippen LogP contribution in [0.25, 0.3) is 22.0 Å². The maximum Gasteiger partial charge on any atom is 0.274 e. The molecule has 2 aromatic carbocycles. The van der Waals surface area contributed by atoms with E-state index in [0.29, 0.717) is 33.7 Å². The van der Waals surface area contributed by atoms with Crippen LogP contribution >= 0.6 is 11.6 Å². The molecular formula is C24H22ClFN4O. The molecule has 0 spiro atoms. The van der Waals surface area contributed by atoms with Gasteiger partial charge in [0.25, 0.3) is 5.56 Å². The number of hydrogen-bond donors (Lipinski definition) is 0. The van der Waals surface area contributed by atoms with Crippen molar-refractivity contribution in [2.75, 3.05) is 14.1 Å². The van der Waals surface area contributed by atoms with Crippen molar-refractivity contribution in [3.05, 3.63) is 92.7 Å². The van der Waals surface area contributed by atoms with Crippen molar-refractivity contribution in [1.82, 2.24) is 19.7 Å². The van der Waals surface area contributed by atoms with Gasteiger partial charge in [-0.1, -0.05) is 41.4 Å². The first-order valence-corrected chi connectivity index (χ1v) is 10.3. The number of rotatable bonds is 5. The summed E-state index contributed by atoms with van der Waals surface area (Å²) in [6.07, 6.45) is 0. The second-order valence-electron chi connectivity index (χ2n) is 7.87. The summed E-state index contributed by atoms with van der Waals surface area (Å²) in [5.41, 5.74) is 2.87. The highest BCUT2D eigenvalue weighted by Gasteiger charge is 2.17. The van der Waals surface area contributed by atoms with Crippen LogP contribution in [0.5, 0.6) is 0 Å². The van der Waals surface area contributed by atoms with Gasteiger partial charge in [0.1, 0.15) is 5.69 Å². The minimum atomic E-state index is -0.606. The van der Waals surface area contributed by atoms with Crippen molar-refractivity contribution >= 4 is 22.4 Å². The fourth-order valence-corrected chi connectivity index (χ4v) is 3.66. The summed E-state index contributed by atoms with van der Waals surface area (Å²) in [4.78, 5) is 19.2. The van der Waals surface area contributed by atoms with Gasteiger partial charge in [-0.25, -0.2) is 9.67 Å². The van der Waals surface area contributed by atoms with Crippen LogP contribution in [0.15, 0.2) is 59.4 Å². The van der Waals surface area contributed by atoms with Crippen LogP contribution in [0.1, 0.15) is 16.8 Å². The van der Waals surface area contributed by atoms with Crippen LogP contribution in [0.4, 0.5) is 4.39 Å². The Morgan fingerprint density at radius 2 is 1.77 bits per heavy atom. The van der Waals surface area contributed by atoms with E-state index in [4.69, 9.17) is 11.6 Å². The monoisotopic (exact) mass is 436 g/mol. The van der Waals surface area contributed by atoms with E-state index in [2.05, 4.69) is 10.1 Å². The Morgan fingerprint density at radius 3 is 2.45 bits per heavy atom. The van der Waals surface area contributed by atoms with Crippen molar-refractivity contribution in [1.29, 1.82) is 0 Å². The topological polar surface area (TPSA) is 51.0 Å². The fraction of sp³-hybridized carbons (Fsp3) is 0.208. The molecule has 0 N–H and O–H groups in total. The maximum atomic E-state index is 15.0. The summed E-state index contributed by atoms with van der Waals surface area (Å²) < 4.78 is 16.4. The number of halogens is 2. The molecule has 0 unspecified atom stereocenters. The molecule has 0 bridgehead atoms. The van der Waals surface area contributed by atoms with E-state index in [1.54, 1.807) is 24.3 Å². The van der Waals surface area contributed by atoms with Crippen molar-refractivity contribution in [3.8, 4) is 11.3 Å². The molecule has 4 aromatic rings. The maximum absolute atomic E-state index is 15.0. The third-order valence-corrected chi connectivity index (χ3v) is 5.25. The molecule has 2 aromatic heterocycles. The van der Waals surface area contributed by atoms with E-state index in [0.717, 1.165) is 11.1 Å².